The smallest absolute Gasteiger partial charge is 0.275 e. The van der Waals surface area contributed by atoms with E-state index in [0.717, 1.165) is 31.5 Å². The van der Waals surface area contributed by atoms with Crippen LogP contribution < -0.4 is 10.2 Å². The minimum absolute atomic E-state index is 0.191. The third-order valence-corrected chi connectivity index (χ3v) is 5.80. The second-order valence-electron chi connectivity index (χ2n) is 8.35. The van der Waals surface area contributed by atoms with Gasteiger partial charge in [-0.3, -0.25) is 9.48 Å². The van der Waals surface area contributed by atoms with E-state index in [4.69, 9.17) is 0 Å². The summed E-state index contributed by atoms with van der Waals surface area (Å²) < 4.78 is 15.7. The maximum atomic E-state index is 14.2. The van der Waals surface area contributed by atoms with Crippen LogP contribution >= 0.6 is 0 Å². The molecule has 0 unspecified atom stereocenters. The Labute approximate surface area is 173 Å². The summed E-state index contributed by atoms with van der Waals surface area (Å²) in [7, 11) is 3.92. The Bertz CT molecular complexity index is 1090. The lowest BCUT2D eigenvalue weighted by Crippen LogP contribution is -2.51. The molecule has 1 aliphatic heterocycles. The summed E-state index contributed by atoms with van der Waals surface area (Å²) in [6, 6.07) is 3.72. The number of hydrogen-bond donors (Lipinski definition) is 1. The van der Waals surface area contributed by atoms with Gasteiger partial charge in [0.15, 0.2) is 5.82 Å². The van der Waals surface area contributed by atoms with Crippen LogP contribution in [0.1, 0.15) is 23.3 Å². The van der Waals surface area contributed by atoms with Crippen LogP contribution in [0.2, 0.25) is 0 Å². The van der Waals surface area contributed by atoms with Crippen LogP contribution in [0, 0.1) is 11.7 Å². The Hall–Kier alpha value is -3.07. The first-order chi connectivity index (χ1) is 14.5. The van der Waals surface area contributed by atoms with E-state index in [9.17, 15) is 9.18 Å². The lowest BCUT2D eigenvalue weighted by atomic mass is 10.00. The molecule has 2 aliphatic rings. The van der Waals surface area contributed by atoms with Gasteiger partial charge in [0.1, 0.15) is 17.0 Å². The average Bonchev–Trinajstić information content (AvgIpc) is 3.46. The number of aromatic nitrogens is 4. The van der Waals surface area contributed by atoms with Gasteiger partial charge in [0, 0.05) is 55.9 Å². The normalized spacial score (nSPS) is 16.9. The van der Waals surface area contributed by atoms with Gasteiger partial charge in [-0.25, -0.2) is 14.4 Å². The van der Waals surface area contributed by atoms with Gasteiger partial charge in [-0.1, -0.05) is 0 Å². The van der Waals surface area contributed by atoms with Gasteiger partial charge >= 0.3 is 0 Å². The van der Waals surface area contributed by atoms with Crippen LogP contribution in [-0.4, -0.2) is 63.3 Å². The van der Waals surface area contributed by atoms with Crippen molar-refractivity contribution in [3.8, 4) is 0 Å². The molecule has 0 spiro atoms. The third-order valence-electron chi connectivity index (χ3n) is 5.80. The zero-order valence-electron chi connectivity index (χ0n) is 17.0. The van der Waals surface area contributed by atoms with E-state index in [1.165, 1.54) is 29.8 Å². The van der Waals surface area contributed by atoms with Crippen molar-refractivity contribution >= 4 is 28.3 Å². The second-order valence-corrected chi connectivity index (χ2v) is 8.35. The van der Waals surface area contributed by atoms with Crippen molar-refractivity contribution in [1.82, 2.24) is 24.6 Å². The summed E-state index contributed by atoms with van der Waals surface area (Å²) in [5.74, 6) is 0.520. The van der Waals surface area contributed by atoms with Crippen molar-refractivity contribution < 1.29 is 9.18 Å². The predicted octanol–water partition coefficient (Wildman–Crippen LogP) is 2.29. The molecule has 3 aromatic rings. The number of anilines is 2. The van der Waals surface area contributed by atoms with Crippen molar-refractivity contribution in [2.24, 2.45) is 13.0 Å². The van der Waals surface area contributed by atoms with E-state index in [1.807, 2.05) is 0 Å². The minimum atomic E-state index is -0.482. The Morgan fingerprint density at radius 2 is 2.07 bits per heavy atom. The maximum absolute atomic E-state index is 14.2. The van der Waals surface area contributed by atoms with E-state index in [-0.39, 0.29) is 11.2 Å². The molecule has 1 aliphatic carbocycles. The first-order valence-corrected chi connectivity index (χ1v) is 10.2. The Morgan fingerprint density at radius 1 is 1.27 bits per heavy atom. The maximum Gasteiger partial charge on any atom is 0.275 e. The molecule has 156 valence electrons. The van der Waals surface area contributed by atoms with Gasteiger partial charge in [0.2, 0.25) is 0 Å². The number of hydrogen-bond acceptors (Lipinski definition) is 6. The van der Waals surface area contributed by atoms with Crippen LogP contribution in [0.15, 0.2) is 30.7 Å². The van der Waals surface area contributed by atoms with Gasteiger partial charge in [-0.15, -0.1) is 0 Å². The number of nitrogens with zero attached hydrogens (tertiary/aromatic N) is 6. The lowest BCUT2D eigenvalue weighted by molar-refractivity contribution is 0.102. The number of rotatable bonds is 6. The predicted molar refractivity (Wildman–Crippen MR) is 112 cm³/mol. The molecule has 0 atom stereocenters. The van der Waals surface area contributed by atoms with E-state index < -0.39 is 11.7 Å². The number of carbonyl (C=O) groups is 1. The highest BCUT2D eigenvalue weighted by atomic mass is 19.1. The molecule has 0 radical (unpaired) electrons. The van der Waals surface area contributed by atoms with Crippen LogP contribution in [0.4, 0.5) is 15.9 Å². The second kappa shape index (κ2) is 7.32. The number of carbonyl (C=O) groups excluding carboxylic acids is 1. The molecule has 1 amide bonds. The Balaban J connectivity index is 1.20. The zero-order chi connectivity index (χ0) is 20.8. The number of fused-ring (bicyclic) bond motifs is 1. The third kappa shape index (κ3) is 3.72. The first kappa shape index (κ1) is 18.9. The fourth-order valence-electron chi connectivity index (χ4n) is 4.03. The summed E-state index contributed by atoms with van der Waals surface area (Å²) in [5.41, 5.74) is 0.820. The highest BCUT2D eigenvalue weighted by molar-refractivity contribution is 6.03. The number of benzene rings is 1. The quantitative estimate of drug-likeness (QED) is 0.673. The number of amides is 1. The summed E-state index contributed by atoms with van der Waals surface area (Å²) >= 11 is 0. The van der Waals surface area contributed by atoms with Crippen molar-refractivity contribution in [2.45, 2.75) is 18.9 Å². The number of aryl methyl sites for hydroxylation is 1. The molecule has 1 saturated heterocycles. The molecule has 1 aromatic carbocycles. The van der Waals surface area contributed by atoms with Gasteiger partial charge < -0.3 is 15.1 Å². The van der Waals surface area contributed by atoms with Crippen molar-refractivity contribution in [3.63, 3.8) is 0 Å². The van der Waals surface area contributed by atoms with E-state index >= 15 is 0 Å². The van der Waals surface area contributed by atoms with Crippen LogP contribution in [0.3, 0.4) is 0 Å². The molecule has 5 rings (SSSR count). The van der Waals surface area contributed by atoms with Crippen molar-refractivity contribution in [2.75, 3.05) is 36.9 Å². The van der Waals surface area contributed by atoms with E-state index in [2.05, 4.69) is 37.2 Å². The van der Waals surface area contributed by atoms with Crippen LogP contribution in [0.5, 0.6) is 0 Å². The van der Waals surface area contributed by atoms with Gasteiger partial charge in [0.05, 0.1) is 12.4 Å². The van der Waals surface area contributed by atoms with Crippen molar-refractivity contribution in [1.29, 1.82) is 0 Å². The monoisotopic (exact) mass is 409 g/mol. The molecule has 2 fully saturated rings. The van der Waals surface area contributed by atoms with E-state index in [0.29, 0.717) is 17.0 Å². The summed E-state index contributed by atoms with van der Waals surface area (Å²) in [5, 5.41) is 7.37. The summed E-state index contributed by atoms with van der Waals surface area (Å²) in [4.78, 5) is 25.8. The highest BCUT2D eigenvalue weighted by Gasteiger charge is 2.33. The zero-order valence-corrected chi connectivity index (χ0v) is 17.0. The summed E-state index contributed by atoms with van der Waals surface area (Å²) in [6.07, 6.45) is 7.44. The highest BCUT2D eigenvalue weighted by Crippen LogP contribution is 2.29. The Kier molecular flexibility index (Phi) is 4.62. The molecule has 30 heavy (non-hydrogen) atoms. The van der Waals surface area contributed by atoms with Gasteiger partial charge in [-0.05, 0) is 32.0 Å². The summed E-state index contributed by atoms with van der Waals surface area (Å²) in [6.45, 7) is 3.04. The Morgan fingerprint density at radius 3 is 2.77 bits per heavy atom. The van der Waals surface area contributed by atoms with Crippen molar-refractivity contribution in [3.05, 3.63) is 42.2 Å². The largest absolute Gasteiger partial charge is 0.355 e. The molecule has 0 bridgehead atoms. The minimum Gasteiger partial charge on any atom is -0.355 e. The molecule has 3 heterocycles. The SMILES string of the molecule is CN(CC1CN(c2cnc(C(=O)Nc3cc(F)c4nn(C)cc4c3)cn2)C1)C1CC1. The standard InChI is InChI=1S/C21H24FN7O/c1-27(16-3-4-16)9-13-10-29(11-13)19-8-23-18(7-24-19)21(30)25-15-5-14-12-28(2)26-20(14)17(22)6-15/h5-8,12-13,16H,3-4,9-11H2,1-2H3,(H,25,30). The fraction of sp³-hybridized carbons (Fsp3) is 0.429. The first-order valence-electron chi connectivity index (χ1n) is 10.2. The molecule has 1 saturated carbocycles. The molecule has 1 N–H and O–H groups in total. The topological polar surface area (TPSA) is 79.2 Å². The fourth-order valence-corrected chi connectivity index (χ4v) is 4.03. The molecule has 9 heteroatoms. The number of nitrogens with one attached hydrogen (secondary N) is 1. The molecule has 2 aromatic heterocycles. The van der Waals surface area contributed by atoms with Crippen LogP contribution in [-0.2, 0) is 7.05 Å². The number of halogens is 1. The van der Waals surface area contributed by atoms with E-state index in [1.54, 1.807) is 25.5 Å². The lowest BCUT2D eigenvalue weighted by Gasteiger charge is -2.41. The van der Waals surface area contributed by atoms with Gasteiger partial charge in [-0.2, -0.15) is 5.10 Å². The molecular weight excluding hydrogens is 385 g/mol. The molecule has 8 nitrogen and oxygen atoms in total. The van der Waals surface area contributed by atoms with Crippen LogP contribution in [0.25, 0.3) is 10.9 Å². The average molecular weight is 409 g/mol. The molecular formula is C21H24FN7O. The van der Waals surface area contributed by atoms with Gasteiger partial charge in [0.25, 0.3) is 5.91 Å².